The van der Waals surface area contributed by atoms with Gasteiger partial charge in [0, 0.05) is 28.8 Å². The molecule has 20 heavy (non-hydrogen) atoms. The van der Waals surface area contributed by atoms with Gasteiger partial charge in [-0.1, -0.05) is 29.8 Å². The van der Waals surface area contributed by atoms with Gasteiger partial charge in [0.2, 0.25) is 0 Å². The smallest absolute Gasteiger partial charge is 0.0417 e. The van der Waals surface area contributed by atoms with Gasteiger partial charge in [-0.2, -0.15) is 0 Å². The lowest BCUT2D eigenvalue weighted by molar-refractivity contribution is 0.466. The van der Waals surface area contributed by atoms with Crippen LogP contribution in [0.25, 0.3) is 0 Å². The summed E-state index contributed by atoms with van der Waals surface area (Å²) in [6.07, 6.45) is 2.28. The lowest BCUT2D eigenvalue weighted by Gasteiger charge is -2.39. The van der Waals surface area contributed by atoms with Crippen LogP contribution in [-0.2, 0) is 0 Å². The van der Waals surface area contributed by atoms with Gasteiger partial charge in [0.25, 0.3) is 0 Å². The summed E-state index contributed by atoms with van der Waals surface area (Å²) >= 11 is 3.60. The van der Waals surface area contributed by atoms with E-state index in [0.29, 0.717) is 6.04 Å². The first-order valence-corrected chi connectivity index (χ1v) is 8.39. The van der Waals surface area contributed by atoms with E-state index in [2.05, 4.69) is 86.0 Å². The Morgan fingerprint density at radius 3 is 2.50 bits per heavy atom. The summed E-state index contributed by atoms with van der Waals surface area (Å²) in [6, 6.07) is 6.96. The van der Waals surface area contributed by atoms with Crippen LogP contribution in [0.4, 0.5) is 5.69 Å². The van der Waals surface area contributed by atoms with E-state index in [1.165, 1.54) is 11.3 Å². The molecule has 1 aromatic rings. The molecule has 1 N–H and O–H groups in total. The van der Waals surface area contributed by atoms with E-state index < -0.39 is 0 Å². The van der Waals surface area contributed by atoms with Gasteiger partial charge >= 0.3 is 0 Å². The van der Waals surface area contributed by atoms with E-state index in [0.717, 1.165) is 23.9 Å². The van der Waals surface area contributed by atoms with E-state index in [1.807, 2.05) is 0 Å². The molecule has 1 atom stereocenters. The van der Waals surface area contributed by atoms with Crippen molar-refractivity contribution in [1.29, 1.82) is 0 Å². The maximum Gasteiger partial charge on any atom is 0.0417 e. The monoisotopic (exact) mass is 340 g/mol. The standard InChI is InChI=1S/C17H29BrN2/c1-7-11-19-13(3)15-12-14(18)9-10-16(15)20(6)17(4,5)8-2/h9-10,12-13,19H,7-8,11H2,1-6H3. The van der Waals surface area contributed by atoms with Crippen LogP contribution in [-0.4, -0.2) is 19.1 Å². The van der Waals surface area contributed by atoms with Crippen molar-refractivity contribution in [3.63, 3.8) is 0 Å². The van der Waals surface area contributed by atoms with Crippen LogP contribution in [0.3, 0.4) is 0 Å². The second kappa shape index (κ2) is 7.46. The zero-order valence-corrected chi connectivity index (χ0v) is 15.3. The molecule has 0 spiro atoms. The van der Waals surface area contributed by atoms with Gasteiger partial charge in [0.15, 0.2) is 0 Å². The van der Waals surface area contributed by atoms with Crippen molar-refractivity contribution in [1.82, 2.24) is 5.32 Å². The summed E-state index contributed by atoms with van der Waals surface area (Å²) < 4.78 is 1.14. The van der Waals surface area contributed by atoms with Crippen LogP contribution in [0.2, 0.25) is 0 Å². The maximum absolute atomic E-state index is 3.60. The Morgan fingerprint density at radius 1 is 1.30 bits per heavy atom. The first-order chi connectivity index (χ1) is 9.33. The van der Waals surface area contributed by atoms with Gasteiger partial charge < -0.3 is 10.2 Å². The number of hydrogen-bond donors (Lipinski definition) is 1. The van der Waals surface area contributed by atoms with Crippen molar-refractivity contribution >= 4 is 21.6 Å². The molecule has 1 unspecified atom stereocenters. The Bertz CT molecular complexity index is 429. The number of halogens is 1. The Hall–Kier alpha value is -0.540. The van der Waals surface area contributed by atoms with E-state index in [-0.39, 0.29) is 5.54 Å². The Morgan fingerprint density at radius 2 is 1.95 bits per heavy atom. The molecule has 2 nitrogen and oxygen atoms in total. The van der Waals surface area contributed by atoms with E-state index in [4.69, 9.17) is 0 Å². The molecule has 0 aromatic heterocycles. The fourth-order valence-corrected chi connectivity index (χ4v) is 2.59. The molecule has 0 aliphatic heterocycles. The predicted molar refractivity (Wildman–Crippen MR) is 93.6 cm³/mol. The molecule has 1 aromatic carbocycles. The average molecular weight is 341 g/mol. The van der Waals surface area contributed by atoms with Crippen molar-refractivity contribution in [2.45, 2.75) is 59.0 Å². The minimum absolute atomic E-state index is 0.160. The third-order valence-electron chi connectivity index (χ3n) is 4.29. The van der Waals surface area contributed by atoms with Gasteiger partial charge in [0.05, 0.1) is 0 Å². The highest BCUT2D eigenvalue weighted by Crippen LogP contribution is 2.33. The van der Waals surface area contributed by atoms with E-state index >= 15 is 0 Å². The molecule has 0 saturated heterocycles. The first kappa shape index (κ1) is 17.5. The average Bonchev–Trinajstić information content (AvgIpc) is 2.43. The molecule has 0 saturated carbocycles. The van der Waals surface area contributed by atoms with E-state index in [1.54, 1.807) is 0 Å². The first-order valence-electron chi connectivity index (χ1n) is 7.60. The normalized spacial score (nSPS) is 13.3. The fourth-order valence-electron chi connectivity index (χ4n) is 2.21. The van der Waals surface area contributed by atoms with Crippen LogP contribution in [0.5, 0.6) is 0 Å². The summed E-state index contributed by atoms with van der Waals surface area (Å²) in [4.78, 5) is 2.40. The number of anilines is 1. The van der Waals surface area contributed by atoms with Gasteiger partial charge in [-0.15, -0.1) is 0 Å². The van der Waals surface area contributed by atoms with Crippen LogP contribution in [0.1, 0.15) is 59.1 Å². The van der Waals surface area contributed by atoms with Crippen LogP contribution < -0.4 is 10.2 Å². The fraction of sp³-hybridized carbons (Fsp3) is 0.647. The topological polar surface area (TPSA) is 15.3 Å². The Kier molecular flexibility index (Phi) is 6.53. The zero-order valence-electron chi connectivity index (χ0n) is 13.8. The molecule has 1 rings (SSSR count). The number of hydrogen-bond acceptors (Lipinski definition) is 2. The Labute approximate surface area is 133 Å². The number of rotatable bonds is 7. The third kappa shape index (κ3) is 4.23. The Balaban J connectivity index is 3.13. The largest absolute Gasteiger partial charge is 0.369 e. The lowest BCUT2D eigenvalue weighted by Crippen LogP contribution is -2.41. The summed E-state index contributed by atoms with van der Waals surface area (Å²) in [5, 5.41) is 3.59. The highest BCUT2D eigenvalue weighted by molar-refractivity contribution is 9.10. The predicted octanol–water partition coefficient (Wildman–Crippen LogP) is 5.13. The van der Waals surface area contributed by atoms with Gasteiger partial charge in [-0.3, -0.25) is 0 Å². The SMILES string of the molecule is CCCNC(C)c1cc(Br)ccc1N(C)C(C)(C)CC. The molecule has 0 fully saturated rings. The van der Waals surface area contributed by atoms with Crippen molar-refractivity contribution in [3.05, 3.63) is 28.2 Å². The zero-order chi connectivity index (χ0) is 15.3. The lowest BCUT2D eigenvalue weighted by atomic mass is 9.96. The van der Waals surface area contributed by atoms with Crippen LogP contribution in [0.15, 0.2) is 22.7 Å². The quantitative estimate of drug-likeness (QED) is 0.739. The highest BCUT2D eigenvalue weighted by Gasteiger charge is 2.24. The molecule has 3 heteroatoms. The van der Waals surface area contributed by atoms with Crippen LogP contribution in [0, 0.1) is 0 Å². The molecule has 0 heterocycles. The molecule has 0 bridgehead atoms. The summed E-state index contributed by atoms with van der Waals surface area (Å²) in [5.74, 6) is 0. The second-order valence-electron chi connectivity index (χ2n) is 6.10. The molecule has 0 radical (unpaired) electrons. The van der Waals surface area contributed by atoms with Crippen LogP contribution >= 0.6 is 15.9 Å². The van der Waals surface area contributed by atoms with Gasteiger partial charge in [-0.25, -0.2) is 0 Å². The van der Waals surface area contributed by atoms with Crippen molar-refractivity contribution in [2.24, 2.45) is 0 Å². The second-order valence-corrected chi connectivity index (χ2v) is 7.02. The number of nitrogens with zero attached hydrogens (tertiary/aromatic N) is 1. The van der Waals surface area contributed by atoms with Gasteiger partial charge in [0.1, 0.15) is 0 Å². The minimum Gasteiger partial charge on any atom is -0.369 e. The summed E-state index contributed by atoms with van der Waals surface area (Å²) in [6.45, 7) is 12.3. The summed E-state index contributed by atoms with van der Waals surface area (Å²) in [7, 11) is 2.20. The minimum atomic E-state index is 0.160. The molecule has 0 aliphatic carbocycles. The van der Waals surface area contributed by atoms with Gasteiger partial charge in [-0.05, 0) is 63.9 Å². The molecular formula is C17H29BrN2. The third-order valence-corrected chi connectivity index (χ3v) is 4.78. The molecular weight excluding hydrogens is 312 g/mol. The van der Waals surface area contributed by atoms with E-state index in [9.17, 15) is 0 Å². The molecule has 0 amide bonds. The molecule has 114 valence electrons. The summed E-state index contributed by atoms with van der Waals surface area (Å²) in [5.41, 5.74) is 2.83. The van der Waals surface area contributed by atoms with Crippen molar-refractivity contribution in [3.8, 4) is 0 Å². The van der Waals surface area contributed by atoms with Crippen molar-refractivity contribution in [2.75, 3.05) is 18.5 Å². The number of benzene rings is 1. The number of nitrogens with one attached hydrogen (secondary N) is 1. The van der Waals surface area contributed by atoms with Crippen molar-refractivity contribution < 1.29 is 0 Å². The maximum atomic E-state index is 3.60. The highest BCUT2D eigenvalue weighted by atomic mass is 79.9. The molecule has 0 aliphatic rings.